The third-order valence-electron chi connectivity index (χ3n) is 1.98. The lowest BCUT2D eigenvalue weighted by atomic mass is 10.0. The summed E-state index contributed by atoms with van der Waals surface area (Å²) in [7, 11) is 0. The molecule has 0 aliphatic rings. The zero-order valence-electron chi connectivity index (χ0n) is 7.58. The molecule has 0 amide bonds. The standard InChI is InChI=1S/C10H13NO2/c1-7-2-4-9(11)6-8(7)3-5-10(12)13/h2,4,6H,3,5,11H2,1H3,(H,12,13). The molecule has 1 aromatic carbocycles. The van der Waals surface area contributed by atoms with Gasteiger partial charge in [-0.15, -0.1) is 0 Å². The molecule has 0 atom stereocenters. The molecule has 0 aliphatic heterocycles. The van der Waals surface area contributed by atoms with Crippen molar-refractivity contribution in [1.29, 1.82) is 0 Å². The smallest absolute Gasteiger partial charge is 0.303 e. The van der Waals surface area contributed by atoms with Crippen LogP contribution in [0.5, 0.6) is 0 Å². The van der Waals surface area contributed by atoms with Crippen molar-refractivity contribution in [3.63, 3.8) is 0 Å². The number of hydrogen-bond donors (Lipinski definition) is 2. The van der Waals surface area contributed by atoms with Crippen molar-refractivity contribution in [2.24, 2.45) is 0 Å². The van der Waals surface area contributed by atoms with Gasteiger partial charge in [0.2, 0.25) is 0 Å². The maximum atomic E-state index is 10.3. The number of carbonyl (C=O) groups is 1. The summed E-state index contributed by atoms with van der Waals surface area (Å²) in [6.45, 7) is 1.95. The Balaban J connectivity index is 2.75. The lowest BCUT2D eigenvalue weighted by Gasteiger charge is -2.04. The number of nitrogens with two attached hydrogens (primary N) is 1. The first-order valence-corrected chi connectivity index (χ1v) is 4.16. The number of benzene rings is 1. The maximum absolute atomic E-state index is 10.3. The van der Waals surface area contributed by atoms with E-state index in [0.29, 0.717) is 12.1 Å². The molecule has 0 saturated carbocycles. The number of aliphatic carboxylic acids is 1. The first-order valence-electron chi connectivity index (χ1n) is 4.16. The fourth-order valence-electron chi connectivity index (χ4n) is 1.20. The average Bonchev–Trinajstić information content (AvgIpc) is 2.06. The Morgan fingerprint density at radius 1 is 1.54 bits per heavy atom. The minimum Gasteiger partial charge on any atom is -0.481 e. The van der Waals surface area contributed by atoms with Crippen LogP contribution in [0.3, 0.4) is 0 Å². The van der Waals surface area contributed by atoms with Crippen molar-refractivity contribution >= 4 is 11.7 Å². The Labute approximate surface area is 77.2 Å². The Morgan fingerprint density at radius 2 is 2.23 bits per heavy atom. The number of carboxylic acid groups (broad SMARTS) is 1. The van der Waals surface area contributed by atoms with Gasteiger partial charge in [-0.25, -0.2) is 0 Å². The number of aryl methyl sites for hydroxylation is 2. The van der Waals surface area contributed by atoms with Gasteiger partial charge in [0.25, 0.3) is 0 Å². The highest BCUT2D eigenvalue weighted by Crippen LogP contribution is 2.14. The molecule has 3 N–H and O–H groups in total. The lowest BCUT2D eigenvalue weighted by molar-refractivity contribution is -0.136. The summed E-state index contributed by atoms with van der Waals surface area (Å²) >= 11 is 0. The van der Waals surface area contributed by atoms with Crippen molar-refractivity contribution < 1.29 is 9.90 Å². The zero-order valence-corrected chi connectivity index (χ0v) is 7.58. The van der Waals surface area contributed by atoms with Crippen LogP contribution in [0.4, 0.5) is 5.69 Å². The number of anilines is 1. The summed E-state index contributed by atoms with van der Waals surface area (Å²) in [5, 5.41) is 8.50. The summed E-state index contributed by atoms with van der Waals surface area (Å²) in [6.07, 6.45) is 0.705. The van der Waals surface area contributed by atoms with Gasteiger partial charge in [-0.2, -0.15) is 0 Å². The van der Waals surface area contributed by atoms with Crippen LogP contribution in [0.1, 0.15) is 17.5 Å². The fourth-order valence-corrected chi connectivity index (χ4v) is 1.20. The van der Waals surface area contributed by atoms with Crippen molar-refractivity contribution in [3.05, 3.63) is 29.3 Å². The Kier molecular flexibility index (Phi) is 2.90. The molecule has 0 fully saturated rings. The van der Waals surface area contributed by atoms with Crippen LogP contribution < -0.4 is 5.73 Å². The van der Waals surface area contributed by atoms with E-state index in [4.69, 9.17) is 10.8 Å². The van der Waals surface area contributed by atoms with E-state index in [-0.39, 0.29) is 6.42 Å². The van der Waals surface area contributed by atoms with E-state index in [0.717, 1.165) is 11.1 Å². The fraction of sp³-hybridized carbons (Fsp3) is 0.300. The number of hydrogen-bond acceptors (Lipinski definition) is 2. The van der Waals surface area contributed by atoms with Crippen LogP contribution in [-0.2, 0) is 11.2 Å². The van der Waals surface area contributed by atoms with Crippen molar-refractivity contribution in [3.8, 4) is 0 Å². The molecule has 0 aliphatic carbocycles. The van der Waals surface area contributed by atoms with E-state index < -0.39 is 5.97 Å². The van der Waals surface area contributed by atoms with E-state index in [9.17, 15) is 4.79 Å². The quantitative estimate of drug-likeness (QED) is 0.692. The lowest BCUT2D eigenvalue weighted by Crippen LogP contribution is -1.99. The normalized spacial score (nSPS) is 9.92. The van der Waals surface area contributed by atoms with E-state index in [1.54, 1.807) is 0 Å². The summed E-state index contributed by atoms with van der Waals surface area (Å²) in [6, 6.07) is 5.56. The molecule has 3 nitrogen and oxygen atoms in total. The Hall–Kier alpha value is -1.51. The van der Waals surface area contributed by atoms with Gasteiger partial charge in [-0.1, -0.05) is 6.07 Å². The number of rotatable bonds is 3. The van der Waals surface area contributed by atoms with E-state index in [1.165, 1.54) is 0 Å². The molecular formula is C10H13NO2. The molecule has 3 heteroatoms. The predicted octanol–water partition coefficient (Wildman–Crippen LogP) is 1.59. The van der Waals surface area contributed by atoms with Crippen molar-refractivity contribution in [2.75, 3.05) is 5.73 Å². The second-order valence-corrected chi connectivity index (χ2v) is 3.08. The van der Waals surface area contributed by atoms with E-state index in [2.05, 4.69) is 0 Å². The molecule has 70 valence electrons. The largest absolute Gasteiger partial charge is 0.481 e. The third-order valence-corrected chi connectivity index (χ3v) is 1.98. The molecule has 0 bridgehead atoms. The van der Waals surface area contributed by atoms with Crippen LogP contribution in [0.25, 0.3) is 0 Å². The molecule has 1 rings (SSSR count). The molecule has 1 aromatic rings. The molecule has 0 spiro atoms. The maximum Gasteiger partial charge on any atom is 0.303 e. The summed E-state index contributed by atoms with van der Waals surface area (Å²) in [5.41, 5.74) is 8.38. The first kappa shape index (κ1) is 9.58. The van der Waals surface area contributed by atoms with Gasteiger partial charge in [0.05, 0.1) is 0 Å². The second kappa shape index (κ2) is 3.94. The number of nitrogen functional groups attached to an aromatic ring is 1. The predicted molar refractivity (Wildman–Crippen MR) is 51.5 cm³/mol. The van der Waals surface area contributed by atoms with Crippen LogP contribution in [-0.4, -0.2) is 11.1 Å². The summed E-state index contributed by atoms with van der Waals surface area (Å²) < 4.78 is 0. The van der Waals surface area contributed by atoms with Gasteiger partial charge in [-0.3, -0.25) is 4.79 Å². The average molecular weight is 179 g/mol. The third kappa shape index (κ3) is 2.78. The van der Waals surface area contributed by atoms with Gasteiger partial charge >= 0.3 is 5.97 Å². The Bertz CT molecular complexity index is 321. The minimum atomic E-state index is -0.776. The monoisotopic (exact) mass is 179 g/mol. The molecule has 0 unspecified atom stereocenters. The highest BCUT2D eigenvalue weighted by atomic mass is 16.4. The van der Waals surface area contributed by atoms with Gasteiger partial charge in [-0.05, 0) is 36.6 Å². The molecule has 0 saturated heterocycles. The van der Waals surface area contributed by atoms with Crippen molar-refractivity contribution in [2.45, 2.75) is 19.8 Å². The van der Waals surface area contributed by atoms with Gasteiger partial charge in [0.1, 0.15) is 0 Å². The first-order chi connectivity index (χ1) is 6.09. The molecule has 0 aromatic heterocycles. The molecule has 13 heavy (non-hydrogen) atoms. The summed E-state index contributed by atoms with van der Waals surface area (Å²) in [5.74, 6) is -0.776. The highest BCUT2D eigenvalue weighted by Gasteiger charge is 2.02. The Morgan fingerprint density at radius 3 is 2.85 bits per heavy atom. The molecular weight excluding hydrogens is 166 g/mol. The van der Waals surface area contributed by atoms with Crippen LogP contribution in [0.2, 0.25) is 0 Å². The van der Waals surface area contributed by atoms with Gasteiger partial charge in [0, 0.05) is 12.1 Å². The highest BCUT2D eigenvalue weighted by molar-refractivity contribution is 5.67. The topological polar surface area (TPSA) is 63.3 Å². The van der Waals surface area contributed by atoms with Crippen LogP contribution in [0.15, 0.2) is 18.2 Å². The SMILES string of the molecule is Cc1ccc(N)cc1CCC(=O)O. The second-order valence-electron chi connectivity index (χ2n) is 3.08. The molecule has 0 radical (unpaired) electrons. The number of carboxylic acids is 1. The van der Waals surface area contributed by atoms with Crippen LogP contribution >= 0.6 is 0 Å². The van der Waals surface area contributed by atoms with Crippen LogP contribution in [0, 0.1) is 6.92 Å². The minimum absolute atomic E-state index is 0.157. The molecule has 0 heterocycles. The van der Waals surface area contributed by atoms with Gasteiger partial charge < -0.3 is 10.8 Å². The van der Waals surface area contributed by atoms with Crippen molar-refractivity contribution in [1.82, 2.24) is 0 Å². The summed E-state index contributed by atoms with van der Waals surface area (Å²) in [4.78, 5) is 10.3. The van der Waals surface area contributed by atoms with E-state index in [1.807, 2.05) is 25.1 Å². The van der Waals surface area contributed by atoms with Gasteiger partial charge in [0.15, 0.2) is 0 Å². The zero-order chi connectivity index (χ0) is 9.84. The van der Waals surface area contributed by atoms with E-state index >= 15 is 0 Å².